The maximum atomic E-state index is 13.7. The minimum absolute atomic E-state index is 0.369. The second kappa shape index (κ2) is 4.34. The molecule has 0 aliphatic heterocycles. The van der Waals surface area contributed by atoms with E-state index in [1.54, 1.807) is 12.1 Å². The molecule has 1 N–H and O–H groups in total. The third-order valence-corrected chi connectivity index (χ3v) is 3.77. The zero-order valence-electron chi connectivity index (χ0n) is 9.34. The van der Waals surface area contributed by atoms with E-state index in [1.807, 2.05) is 0 Å². The van der Waals surface area contributed by atoms with E-state index in [-0.39, 0.29) is 0 Å². The molecule has 1 saturated carbocycles. The minimum atomic E-state index is -0.999. The van der Waals surface area contributed by atoms with Gasteiger partial charge in [0.1, 0.15) is 5.82 Å². The van der Waals surface area contributed by atoms with Crippen molar-refractivity contribution in [2.24, 2.45) is 5.92 Å². The summed E-state index contributed by atoms with van der Waals surface area (Å²) in [6, 6.07) is 4.51. The predicted molar refractivity (Wildman–Crippen MR) is 62.9 cm³/mol. The van der Waals surface area contributed by atoms with Crippen LogP contribution in [-0.4, -0.2) is 5.11 Å². The molecule has 1 fully saturated rings. The van der Waals surface area contributed by atoms with Gasteiger partial charge in [0, 0.05) is 10.6 Å². The van der Waals surface area contributed by atoms with Crippen LogP contribution in [0.2, 0.25) is 5.02 Å². The average molecular weight is 243 g/mol. The van der Waals surface area contributed by atoms with Gasteiger partial charge in [-0.1, -0.05) is 24.6 Å². The normalized spacial score (nSPS) is 30.4. The van der Waals surface area contributed by atoms with Crippen molar-refractivity contribution in [1.29, 1.82) is 0 Å². The van der Waals surface area contributed by atoms with Crippen LogP contribution in [0.1, 0.15) is 38.2 Å². The molecule has 0 amide bonds. The molecule has 2 rings (SSSR count). The van der Waals surface area contributed by atoms with E-state index in [0.717, 1.165) is 12.8 Å². The molecule has 16 heavy (non-hydrogen) atoms. The Morgan fingerprint density at radius 3 is 2.56 bits per heavy atom. The first-order valence-electron chi connectivity index (χ1n) is 5.69. The van der Waals surface area contributed by atoms with Gasteiger partial charge in [0.2, 0.25) is 0 Å². The summed E-state index contributed by atoms with van der Waals surface area (Å²) in [5.41, 5.74) is -0.606. The van der Waals surface area contributed by atoms with Crippen molar-refractivity contribution < 1.29 is 9.50 Å². The summed E-state index contributed by atoms with van der Waals surface area (Å²) in [6.45, 7) is 2.16. The van der Waals surface area contributed by atoms with E-state index in [4.69, 9.17) is 11.6 Å². The predicted octanol–water partition coefficient (Wildman–Crippen LogP) is 3.88. The Labute approximate surface area is 100 Å². The molecule has 1 aliphatic carbocycles. The Hall–Kier alpha value is -0.600. The topological polar surface area (TPSA) is 20.2 Å². The summed E-state index contributed by atoms with van der Waals surface area (Å²) < 4.78 is 13.7. The Balaban J connectivity index is 2.29. The van der Waals surface area contributed by atoms with Gasteiger partial charge in [-0.25, -0.2) is 4.39 Å². The minimum Gasteiger partial charge on any atom is -0.385 e. The monoisotopic (exact) mass is 242 g/mol. The second-order valence-electron chi connectivity index (χ2n) is 4.84. The molecule has 3 heteroatoms. The van der Waals surface area contributed by atoms with Crippen LogP contribution in [0.4, 0.5) is 4.39 Å². The van der Waals surface area contributed by atoms with E-state index in [9.17, 15) is 9.50 Å². The quantitative estimate of drug-likeness (QED) is 0.793. The molecule has 0 heterocycles. The highest BCUT2D eigenvalue weighted by Gasteiger charge is 2.35. The summed E-state index contributed by atoms with van der Waals surface area (Å²) in [5.74, 6) is 0.222. The van der Waals surface area contributed by atoms with Gasteiger partial charge in [0.25, 0.3) is 0 Å². The smallest absolute Gasteiger partial charge is 0.130 e. The van der Waals surface area contributed by atoms with Crippen molar-refractivity contribution in [3.8, 4) is 0 Å². The van der Waals surface area contributed by atoms with Crippen molar-refractivity contribution in [2.75, 3.05) is 0 Å². The molecule has 1 aliphatic rings. The van der Waals surface area contributed by atoms with Gasteiger partial charge < -0.3 is 5.11 Å². The van der Waals surface area contributed by atoms with E-state index < -0.39 is 11.4 Å². The fraction of sp³-hybridized carbons (Fsp3) is 0.538. The molecule has 1 aromatic rings. The maximum absolute atomic E-state index is 13.7. The van der Waals surface area contributed by atoms with E-state index >= 15 is 0 Å². The van der Waals surface area contributed by atoms with Crippen LogP contribution in [0.25, 0.3) is 0 Å². The van der Waals surface area contributed by atoms with Gasteiger partial charge in [-0.2, -0.15) is 0 Å². The van der Waals surface area contributed by atoms with Crippen molar-refractivity contribution in [1.82, 2.24) is 0 Å². The Kier molecular flexibility index (Phi) is 3.22. The summed E-state index contributed by atoms with van der Waals surface area (Å²) in [5, 5.41) is 10.8. The lowest BCUT2D eigenvalue weighted by molar-refractivity contribution is -0.0149. The third-order valence-electron chi connectivity index (χ3n) is 3.53. The zero-order chi connectivity index (χ0) is 11.8. The average Bonchev–Trinajstić information content (AvgIpc) is 2.22. The first kappa shape index (κ1) is 11.9. The molecule has 0 bridgehead atoms. The lowest BCUT2D eigenvalue weighted by Crippen LogP contribution is -2.31. The lowest BCUT2D eigenvalue weighted by Gasteiger charge is -2.35. The summed E-state index contributed by atoms with van der Waals surface area (Å²) in [7, 11) is 0. The molecule has 0 atom stereocenters. The summed E-state index contributed by atoms with van der Waals surface area (Å²) >= 11 is 5.70. The molecule has 0 aromatic heterocycles. The highest BCUT2D eigenvalue weighted by Crippen LogP contribution is 2.40. The number of aliphatic hydroxyl groups is 1. The Morgan fingerprint density at radius 2 is 2.00 bits per heavy atom. The fourth-order valence-corrected chi connectivity index (χ4v) is 2.53. The van der Waals surface area contributed by atoms with Gasteiger partial charge >= 0.3 is 0 Å². The van der Waals surface area contributed by atoms with Crippen LogP contribution >= 0.6 is 11.6 Å². The van der Waals surface area contributed by atoms with Gasteiger partial charge in [-0.3, -0.25) is 0 Å². The van der Waals surface area contributed by atoms with Crippen molar-refractivity contribution in [2.45, 2.75) is 38.2 Å². The summed E-state index contributed by atoms with van der Waals surface area (Å²) in [6.07, 6.45) is 3.15. The number of benzene rings is 1. The van der Waals surface area contributed by atoms with E-state index in [2.05, 4.69) is 6.92 Å². The zero-order valence-corrected chi connectivity index (χ0v) is 10.1. The van der Waals surface area contributed by atoms with E-state index in [0.29, 0.717) is 29.3 Å². The molecule has 1 aromatic carbocycles. The third kappa shape index (κ3) is 2.23. The Morgan fingerprint density at radius 1 is 1.38 bits per heavy atom. The van der Waals surface area contributed by atoms with Crippen molar-refractivity contribution in [3.63, 3.8) is 0 Å². The molecule has 1 nitrogen and oxygen atoms in total. The molecule has 0 spiro atoms. The molecule has 0 radical (unpaired) electrons. The number of rotatable bonds is 1. The van der Waals surface area contributed by atoms with Crippen LogP contribution in [0.15, 0.2) is 18.2 Å². The standard InChI is InChI=1S/C13H16ClFO/c1-9-4-6-13(16,7-5-9)11-3-2-10(14)8-12(11)15/h2-3,8-9,16H,4-7H2,1H3. The second-order valence-corrected chi connectivity index (χ2v) is 5.27. The van der Waals surface area contributed by atoms with E-state index in [1.165, 1.54) is 6.07 Å². The molecule has 0 unspecified atom stereocenters. The molecular formula is C13H16ClFO. The SMILES string of the molecule is CC1CCC(O)(c2ccc(Cl)cc2F)CC1. The van der Waals surface area contributed by atoms with Crippen LogP contribution in [0, 0.1) is 11.7 Å². The largest absolute Gasteiger partial charge is 0.385 e. The summed E-state index contributed by atoms with van der Waals surface area (Å²) in [4.78, 5) is 0. The highest BCUT2D eigenvalue weighted by molar-refractivity contribution is 6.30. The molecular weight excluding hydrogens is 227 g/mol. The first-order valence-corrected chi connectivity index (χ1v) is 6.07. The van der Waals surface area contributed by atoms with Crippen molar-refractivity contribution in [3.05, 3.63) is 34.6 Å². The number of hydrogen-bond donors (Lipinski definition) is 1. The lowest BCUT2D eigenvalue weighted by atomic mass is 9.76. The fourth-order valence-electron chi connectivity index (χ4n) is 2.38. The van der Waals surface area contributed by atoms with Crippen LogP contribution in [-0.2, 0) is 5.60 Å². The van der Waals surface area contributed by atoms with Crippen LogP contribution in [0.5, 0.6) is 0 Å². The van der Waals surface area contributed by atoms with Gasteiger partial charge in [-0.05, 0) is 43.7 Å². The number of hydrogen-bond acceptors (Lipinski definition) is 1. The Bertz CT molecular complexity index is 384. The van der Waals surface area contributed by atoms with Crippen molar-refractivity contribution >= 4 is 11.6 Å². The van der Waals surface area contributed by atoms with Gasteiger partial charge in [-0.15, -0.1) is 0 Å². The van der Waals surface area contributed by atoms with Gasteiger partial charge in [0.15, 0.2) is 0 Å². The number of halogens is 2. The van der Waals surface area contributed by atoms with Crippen LogP contribution < -0.4 is 0 Å². The van der Waals surface area contributed by atoms with Gasteiger partial charge in [0.05, 0.1) is 5.60 Å². The molecule has 88 valence electrons. The van der Waals surface area contributed by atoms with Crippen LogP contribution in [0.3, 0.4) is 0 Å². The molecule has 0 saturated heterocycles. The first-order chi connectivity index (χ1) is 7.51. The maximum Gasteiger partial charge on any atom is 0.130 e. The highest BCUT2D eigenvalue weighted by atomic mass is 35.5.